The van der Waals surface area contributed by atoms with E-state index >= 15 is 0 Å². The molecule has 1 unspecified atom stereocenters. The van der Waals surface area contributed by atoms with Crippen LogP contribution in [0, 0.1) is 0 Å². The molecule has 0 fully saturated rings. The predicted octanol–water partition coefficient (Wildman–Crippen LogP) is -2.17. The topological polar surface area (TPSA) is 113 Å². The highest BCUT2D eigenvalue weighted by atomic mass is 35.5. The van der Waals surface area contributed by atoms with Gasteiger partial charge in [-0.25, -0.2) is 0 Å². The number of hydrogen-bond acceptors (Lipinski definition) is 5. The van der Waals surface area contributed by atoms with E-state index < -0.39 is 18.3 Å². The monoisotopic (exact) mass is 222 g/mol. The van der Waals surface area contributed by atoms with E-state index in [1.807, 2.05) is 0 Å². The van der Waals surface area contributed by atoms with E-state index in [-0.39, 0.29) is 37.9 Å². The van der Waals surface area contributed by atoms with E-state index in [9.17, 15) is 0 Å². The largest absolute Gasteiger partial charge is 0.389 e. The lowest BCUT2D eigenvalue weighted by Crippen LogP contribution is -2.44. The van der Waals surface area contributed by atoms with Crippen LogP contribution < -0.4 is 11.5 Å². The van der Waals surface area contributed by atoms with Crippen molar-refractivity contribution < 1.29 is 15.3 Å². The van der Waals surface area contributed by atoms with Crippen LogP contribution in [0.2, 0.25) is 0 Å². The zero-order chi connectivity index (χ0) is 8.15. The lowest BCUT2D eigenvalue weighted by Gasteiger charge is -2.19. The Morgan fingerprint density at radius 2 is 1.08 bits per heavy atom. The maximum Gasteiger partial charge on any atom is 0.108 e. The molecule has 0 saturated carbocycles. The maximum absolute atomic E-state index is 8.93. The summed E-state index contributed by atoms with van der Waals surface area (Å²) in [5.74, 6) is 0. The van der Waals surface area contributed by atoms with Crippen molar-refractivity contribution in [2.45, 2.75) is 18.3 Å². The Kier molecular flexibility index (Phi) is 14.4. The van der Waals surface area contributed by atoms with Gasteiger partial charge in [0.25, 0.3) is 0 Å². The SMILES string of the molecule is Cl.Cl.NC[C@@H](O)C(O)[C@@H](O)CN. The van der Waals surface area contributed by atoms with Gasteiger partial charge in [-0.1, -0.05) is 0 Å². The molecule has 0 aromatic carbocycles. The molecule has 0 bridgehead atoms. The molecular formula is C5H16Cl2N2O3. The number of aliphatic hydroxyl groups is 3. The fourth-order valence-corrected chi connectivity index (χ4v) is 0.535. The van der Waals surface area contributed by atoms with Crippen molar-refractivity contribution in [3.63, 3.8) is 0 Å². The van der Waals surface area contributed by atoms with Crippen LogP contribution in [-0.2, 0) is 0 Å². The van der Waals surface area contributed by atoms with E-state index in [1.165, 1.54) is 0 Å². The summed E-state index contributed by atoms with van der Waals surface area (Å²) in [6.07, 6.45) is -3.44. The first-order valence-electron chi connectivity index (χ1n) is 3.07. The molecule has 0 spiro atoms. The zero-order valence-corrected chi connectivity index (χ0v) is 8.09. The predicted molar refractivity (Wildman–Crippen MR) is 50.6 cm³/mol. The lowest BCUT2D eigenvalue weighted by atomic mass is 10.1. The van der Waals surface area contributed by atoms with E-state index in [1.54, 1.807) is 0 Å². The van der Waals surface area contributed by atoms with Crippen LogP contribution in [-0.4, -0.2) is 46.7 Å². The van der Waals surface area contributed by atoms with Crippen LogP contribution in [0.15, 0.2) is 0 Å². The van der Waals surface area contributed by atoms with E-state index in [0.717, 1.165) is 0 Å². The molecule has 0 aliphatic carbocycles. The van der Waals surface area contributed by atoms with Gasteiger partial charge in [0, 0.05) is 13.1 Å². The van der Waals surface area contributed by atoms with Crippen LogP contribution in [0.1, 0.15) is 0 Å². The Balaban J connectivity index is -0.000000405. The van der Waals surface area contributed by atoms with Crippen LogP contribution in [0.5, 0.6) is 0 Å². The van der Waals surface area contributed by atoms with Gasteiger partial charge in [-0.3, -0.25) is 0 Å². The molecule has 0 heterocycles. The van der Waals surface area contributed by atoms with Crippen molar-refractivity contribution in [1.29, 1.82) is 0 Å². The molecule has 0 aliphatic rings. The van der Waals surface area contributed by atoms with Crippen LogP contribution in [0.3, 0.4) is 0 Å². The first kappa shape index (κ1) is 18.2. The van der Waals surface area contributed by atoms with Gasteiger partial charge >= 0.3 is 0 Å². The molecule has 0 aromatic heterocycles. The summed E-state index contributed by atoms with van der Waals surface area (Å²) >= 11 is 0. The molecule has 5 nitrogen and oxygen atoms in total. The second-order valence-electron chi connectivity index (χ2n) is 2.10. The average molecular weight is 223 g/mol. The summed E-state index contributed by atoms with van der Waals surface area (Å²) in [6, 6.07) is 0. The molecule has 0 saturated heterocycles. The summed E-state index contributed by atoms with van der Waals surface area (Å²) in [4.78, 5) is 0. The van der Waals surface area contributed by atoms with Crippen molar-refractivity contribution in [3.05, 3.63) is 0 Å². The third kappa shape index (κ3) is 5.96. The Labute approximate surface area is 83.6 Å². The average Bonchev–Trinajstić information content (AvgIpc) is 2.00. The van der Waals surface area contributed by atoms with E-state index in [2.05, 4.69) is 0 Å². The van der Waals surface area contributed by atoms with Gasteiger partial charge in [-0.05, 0) is 0 Å². The molecule has 0 aromatic rings. The minimum atomic E-state index is -1.24. The molecule has 78 valence electrons. The fraction of sp³-hybridized carbons (Fsp3) is 1.00. The fourth-order valence-electron chi connectivity index (χ4n) is 0.535. The Bertz CT molecular complexity index is 88.8. The maximum atomic E-state index is 8.93. The number of nitrogens with two attached hydrogens (primary N) is 2. The molecule has 12 heavy (non-hydrogen) atoms. The van der Waals surface area contributed by atoms with Gasteiger partial charge in [-0.15, -0.1) is 24.8 Å². The summed E-state index contributed by atoms with van der Waals surface area (Å²) in [5.41, 5.74) is 10.0. The third-order valence-corrected chi connectivity index (χ3v) is 1.27. The minimum absolute atomic E-state index is 0. The first-order valence-corrected chi connectivity index (χ1v) is 3.07. The molecule has 7 heteroatoms. The van der Waals surface area contributed by atoms with Crippen LogP contribution in [0.4, 0.5) is 0 Å². The second-order valence-corrected chi connectivity index (χ2v) is 2.10. The number of rotatable bonds is 4. The van der Waals surface area contributed by atoms with Gasteiger partial charge in [0.05, 0.1) is 12.2 Å². The standard InChI is InChI=1S/C5H14N2O3.2ClH/c6-1-3(8)5(10)4(9)2-7;;/h3-5,8-10H,1-2,6-7H2;2*1H/t3-,4+,5?;;. The lowest BCUT2D eigenvalue weighted by molar-refractivity contribution is -0.0509. The highest BCUT2D eigenvalue weighted by Gasteiger charge is 2.21. The smallest absolute Gasteiger partial charge is 0.108 e. The summed E-state index contributed by atoms with van der Waals surface area (Å²) in [5, 5.41) is 26.6. The van der Waals surface area contributed by atoms with E-state index in [4.69, 9.17) is 26.8 Å². The van der Waals surface area contributed by atoms with Gasteiger partial charge in [0.1, 0.15) is 6.10 Å². The quantitative estimate of drug-likeness (QED) is 0.372. The third-order valence-electron chi connectivity index (χ3n) is 1.27. The van der Waals surface area contributed by atoms with E-state index in [0.29, 0.717) is 0 Å². The first-order chi connectivity index (χ1) is 4.63. The number of aliphatic hydroxyl groups excluding tert-OH is 3. The highest BCUT2D eigenvalue weighted by Crippen LogP contribution is 1.96. The Hall–Kier alpha value is 0.380. The minimum Gasteiger partial charge on any atom is -0.389 e. The Morgan fingerprint density at radius 3 is 1.25 bits per heavy atom. The van der Waals surface area contributed by atoms with Gasteiger partial charge in [0.2, 0.25) is 0 Å². The molecule has 0 aliphatic heterocycles. The van der Waals surface area contributed by atoms with Crippen molar-refractivity contribution in [3.8, 4) is 0 Å². The van der Waals surface area contributed by atoms with Gasteiger partial charge in [-0.2, -0.15) is 0 Å². The number of hydrogen-bond donors (Lipinski definition) is 5. The molecule has 7 N–H and O–H groups in total. The van der Waals surface area contributed by atoms with Crippen LogP contribution >= 0.6 is 24.8 Å². The molecular weight excluding hydrogens is 207 g/mol. The van der Waals surface area contributed by atoms with Gasteiger partial charge < -0.3 is 26.8 Å². The van der Waals surface area contributed by atoms with Crippen molar-refractivity contribution in [2.24, 2.45) is 11.5 Å². The molecule has 0 amide bonds. The normalized spacial score (nSPS) is 16.8. The number of halogens is 2. The van der Waals surface area contributed by atoms with Crippen molar-refractivity contribution >= 4 is 24.8 Å². The summed E-state index contributed by atoms with van der Waals surface area (Å²) in [6.45, 7) is -0.170. The summed E-state index contributed by atoms with van der Waals surface area (Å²) in [7, 11) is 0. The molecule has 0 rings (SSSR count). The van der Waals surface area contributed by atoms with Crippen LogP contribution in [0.25, 0.3) is 0 Å². The Morgan fingerprint density at radius 1 is 0.833 bits per heavy atom. The molecule has 3 atom stereocenters. The second kappa shape index (κ2) is 9.47. The molecule has 0 radical (unpaired) electrons. The van der Waals surface area contributed by atoms with Crippen molar-refractivity contribution in [2.75, 3.05) is 13.1 Å². The zero-order valence-electron chi connectivity index (χ0n) is 6.46. The van der Waals surface area contributed by atoms with Crippen molar-refractivity contribution in [1.82, 2.24) is 0 Å². The summed E-state index contributed by atoms with van der Waals surface area (Å²) < 4.78 is 0. The highest BCUT2D eigenvalue weighted by molar-refractivity contribution is 5.85. The van der Waals surface area contributed by atoms with Gasteiger partial charge in [0.15, 0.2) is 0 Å².